The van der Waals surface area contributed by atoms with Crippen molar-refractivity contribution in [3.63, 3.8) is 0 Å². The number of nitrogens with one attached hydrogen (secondary N) is 1. The fourth-order valence-electron chi connectivity index (χ4n) is 3.89. The van der Waals surface area contributed by atoms with E-state index in [1.54, 1.807) is 13.2 Å². The lowest BCUT2D eigenvalue weighted by molar-refractivity contribution is 0.299. The van der Waals surface area contributed by atoms with E-state index < -0.39 is 0 Å². The molecule has 0 aliphatic carbocycles. The van der Waals surface area contributed by atoms with Crippen molar-refractivity contribution in [3.05, 3.63) is 60.2 Å². The molecule has 2 heterocycles. The summed E-state index contributed by atoms with van der Waals surface area (Å²) in [6, 6.07) is 10.3. The van der Waals surface area contributed by atoms with E-state index in [0.29, 0.717) is 13.0 Å². The molecule has 0 saturated heterocycles. The number of aliphatic hydroxyl groups excluding tert-OH is 1. The van der Waals surface area contributed by atoms with Crippen molar-refractivity contribution in [2.24, 2.45) is 0 Å². The number of rotatable bonds is 3. The van der Waals surface area contributed by atoms with Crippen molar-refractivity contribution >= 4 is 11.3 Å². The van der Waals surface area contributed by atoms with Gasteiger partial charge in [-0.2, -0.15) is 0 Å². The Balaban J connectivity index is 0.000000403. The van der Waals surface area contributed by atoms with Crippen molar-refractivity contribution < 1.29 is 14.6 Å². The minimum Gasteiger partial charge on any atom is -0.496 e. The van der Waals surface area contributed by atoms with Crippen LogP contribution in [0, 0.1) is 0 Å². The number of hydrogen-bond donors (Lipinski definition) is 2. The molecule has 2 N–H and O–H groups in total. The van der Waals surface area contributed by atoms with Gasteiger partial charge in [0.15, 0.2) is 0 Å². The van der Waals surface area contributed by atoms with E-state index in [0.717, 1.165) is 17.1 Å². The number of aliphatic hydroxyl groups is 1. The number of fused-ring (bicyclic) bond motifs is 5. The summed E-state index contributed by atoms with van der Waals surface area (Å²) in [5.41, 5.74) is 7.19. The van der Waals surface area contributed by atoms with Crippen LogP contribution in [0.3, 0.4) is 0 Å². The highest BCUT2D eigenvalue weighted by molar-refractivity contribution is 5.90. The molecule has 0 aromatic heterocycles. The van der Waals surface area contributed by atoms with Gasteiger partial charge >= 0.3 is 0 Å². The van der Waals surface area contributed by atoms with Crippen LogP contribution in [-0.4, -0.2) is 24.4 Å². The molecule has 4 rings (SSSR count). The summed E-state index contributed by atoms with van der Waals surface area (Å²) < 4.78 is 11.6. The van der Waals surface area contributed by atoms with Gasteiger partial charge in [-0.05, 0) is 56.5 Å². The molecule has 148 valence electrons. The summed E-state index contributed by atoms with van der Waals surface area (Å²) >= 11 is 0. The smallest absolute Gasteiger partial charge is 0.131 e. The summed E-state index contributed by atoms with van der Waals surface area (Å²) in [6.45, 7) is 10.8. The zero-order chi connectivity index (χ0) is 20.3. The van der Waals surface area contributed by atoms with Crippen molar-refractivity contribution in [2.75, 3.05) is 19.0 Å². The van der Waals surface area contributed by atoms with Crippen LogP contribution in [0.25, 0.3) is 16.7 Å². The van der Waals surface area contributed by atoms with Crippen molar-refractivity contribution in [3.8, 4) is 22.6 Å². The van der Waals surface area contributed by atoms with Gasteiger partial charge in [-0.25, -0.2) is 0 Å². The Labute approximate surface area is 167 Å². The monoisotopic (exact) mass is 379 g/mol. The third-order valence-electron chi connectivity index (χ3n) is 4.92. The summed E-state index contributed by atoms with van der Waals surface area (Å²) in [7, 11) is 1.71. The lowest BCUT2D eigenvalue weighted by atomic mass is 9.84. The molecule has 0 radical (unpaired) electrons. The quantitative estimate of drug-likeness (QED) is 0.700. The van der Waals surface area contributed by atoms with Gasteiger partial charge in [-0.1, -0.05) is 24.3 Å². The molecule has 0 amide bonds. The predicted octanol–water partition coefficient (Wildman–Crippen LogP) is 5.42. The predicted molar refractivity (Wildman–Crippen MR) is 116 cm³/mol. The Bertz CT molecular complexity index is 898. The number of ether oxygens (including phenoxy) is 2. The van der Waals surface area contributed by atoms with Gasteiger partial charge in [-0.3, -0.25) is 0 Å². The first-order chi connectivity index (χ1) is 13.4. The van der Waals surface area contributed by atoms with Gasteiger partial charge in [0.2, 0.25) is 0 Å². The van der Waals surface area contributed by atoms with Gasteiger partial charge in [0.25, 0.3) is 0 Å². The maximum Gasteiger partial charge on any atom is 0.131 e. The van der Waals surface area contributed by atoms with Crippen LogP contribution < -0.4 is 14.8 Å². The maximum atomic E-state index is 8.00. The Kier molecular flexibility index (Phi) is 5.80. The van der Waals surface area contributed by atoms with Gasteiger partial charge < -0.3 is 19.9 Å². The highest BCUT2D eigenvalue weighted by Crippen LogP contribution is 2.48. The van der Waals surface area contributed by atoms with Crippen LogP contribution in [0.1, 0.15) is 38.3 Å². The number of anilines is 1. The van der Waals surface area contributed by atoms with Gasteiger partial charge in [0.1, 0.15) is 18.1 Å². The molecule has 0 unspecified atom stereocenters. The van der Waals surface area contributed by atoms with E-state index in [1.807, 2.05) is 18.2 Å². The molecular weight excluding hydrogens is 350 g/mol. The van der Waals surface area contributed by atoms with Gasteiger partial charge in [0, 0.05) is 23.4 Å². The molecule has 4 nitrogen and oxygen atoms in total. The second-order valence-electron chi connectivity index (χ2n) is 7.61. The molecule has 4 heteroatoms. The van der Waals surface area contributed by atoms with E-state index in [1.165, 1.54) is 28.0 Å². The third kappa shape index (κ3) is 3.78. The third-order valence-corrected chi connectivity index (χ3v) is 4.92. The largest absolute Gasteiger partial charge is 0.496 e. The molecule has 0 saturated carbocycles. The molecule has 0 bridgehead atoms. The zero-order valence-corrected chi connectivity index (χ0v) is 17.1. The lowest BCUT2D eigenvalue weighted by Crippen LogP contribution is -2.32. The first kappa shape index (κ1) is 20.0. The van der Waals surface area contributed by atoms with Crippen LogP contribution in [-0.2, 0) is 6.61 Å². The zero-order valence-electron chi connectivity index (χ0n) is 17.1. The minimum absolute atomic E-state index is 0.0313. The van der Waals surface area contributed by atoms with Crippen LogP contribution >= 0.6 is 0 Å². The topological polar surface area (TPSA) is 50.7 Å². The SMILES string of the molecule is C=CCCO.COc1cccc2c1-c1ccc3c(c1CO2)C(C)=CC(C)(C)N3. The Morgan fingerprint density at radius 3 is 2.68 bits per heavy atom. The van der Waals surface area contributed by atoms with Crippen LogP contribution in [0.4, 0.5) is 5.69 Å². The molecule has 28 heavy (non-hydrogen) atoms. The summed E-state index contributed by atoms with van der Waals surface area (Å²) in [4.78, 5) is 0. The van der Waals surface area contributed by atoms with E-state index in [9.17, 15) is 0 Å². The number of methoxy groups -OCH3 is 1. The van der Waals surface area contributed by atoms with Crippen molar-refractivity contribution in [2.45, 2.75) is 39.3 Å². The highest BCUT2D eigenvalue weighted by atomic mass is 16.5. The Morgan fingerprint density at radius 2 is 2.04 bits per heavy atom. The second-order valence-corrected chi connectivity index (χ2v) is 7.61. The van der Waals surface area contributed by atoms with Crippen LogP contribution in [0.2, 0.25) is 0 Å². The standard InChI is InChI=1S/C20H21NO2.C4H8O/c1-12-10-20(2,3)21-15-9-8-13-14(18(12)15)11-23-17-7-5-6-16(22-4)19(13)17;1-2-3-4-5/h5-10,21H,11H2,1-4H3;2,5H,1,3-4H2. The second kappa shape index (κ2) is 8.11. The van der Waals surface area contributed by atoms with E-state index >= 15 is 0 Å². The van der Waals surface area contributed by atoms with Crippen LogP contribution in [0.5, 0.6) is 11.5 Å². The average molecular weight is 380 g/mol. The molecule has 0 fully saturated rings. The highest BCUT2D eigenvalue weighted by Gasteiger charge is 2.29. The molecule has 2 aromatic rings. The maximum absolute atomic E-state index is 8.00. The normalized spacial score (nSPS) is 15.2. The number of allylic oxidation sites excluding steroid dienone is 1. The van der Waals surface area contributed by atoms with Crippen molar-refractivity contribution in [1.29, 1.82) is 0 Å². The Morgan fingerprint density at radius 1 is 1.25 bits per heavy atom. The first-order valence-electron chi connectivity index (χ1n) is 9.57. The van der Waals surface area contributed by atoms with E-state index in [-0.39, 0.29) is 12.1 Å². The molecule has 2 aliphatic rings. The molecule has 0 atom stereocenters. The summed E-state index contributed by atoms with van der Waals surface area (Å²) in [5.74, 6) is 1.75. The minimum atomic E-state index is -0.0313. The Hall–Kier alpha value is -2.72. The summed E-state index contributed by atoms with van der Waals surface area (Å²) in [6.07, 6.45) is 4.67. The average Bonchev–Trinajstić information content (AvgIpc) is 2.66. The first-order valence-corrected chi connectivity index (χ1v) is 9.57. The van der Waals surface area contributed by atoms with Crippen LogP contribution in [0.15, 0.2) is 49.1 Å². The molecule has 0 spiro atoms. The number of hydrogen-bond acceptors (Lipinski definition) is 4. The van der Waals surface area contributed by atoms with Gasteiger partial charge in [0.05, 0.1) is 18.2 Å². The fraction of sp³-hybridized carbons (Fsp3) is 0.333. The summed E-state index contributed by atoms with van der Waals surface area (Å²) in [5, 5.41) is 11.6. The molecule has 2 aliphatic heterocycles. The fourth-order valence-corrected chi connectivity index (χ4v) is 3.89. The lowest BCUT2D eigenvalue weighted by Gasteiger charge is -2.34. The van der Waals surface area contributed by atoms with Gasteiger partial charge in [-0.15, -0.1) is 6.58 Å². The molecule has 2 aromatic carbocycles. The van der Waals surface area contributed by atoms with E-state index in [4.69, 9.17) is 14.6 Å². The van der Waals surface area contributed by atoms with Crippen molar-refractivity contribution in [1.82, 2.24) is 0 Å². The van der Waals surface area contributed by atoms with E-state index in [2.05, 4.69) is 50.9 Å². The molecular formula is C24H29NO3. The number of benzene rings is 2.